The van der Waals surface area contributed by atoms with Crippen molar-refractivity contribution in [1.29, 1.82) is 0 Å². The molecule has 1 amide bonds. The molecule has 3 aromatic carbocycles. The molecule has 1 saturated heterocycles. The fourth-order valence-electron chi connectivity index (χ4n) is 3.43. The van der Waals surface area contributed by atoms with Crippen LogP contribution < -0.4 is 15.4 Å². The predicted octanol–water partition coefficient (Wildman–Crippen LogP) is 5.04. The quantitative estimate of drug-likeness (QED) is 0.535. The van der Waals surface area contributed by atoms with Crippen LogP contribution >= 0.6 is 12.2 Å². The molecule has 1 aliphatic heterocycles. The van der Waals surface area contributed by atoms with Crippen LogP contribution in [0.5, 0.6) is 5.75 Å². The van der Waals surface area contributed by atoms with E-state index in [1.165, 1.54) is 0 Å². The summed E-state index contributed by atoms with van der Waals surface area (Å²) in [5.41, 5.74) is 3.39. The van der Waals surface area contributed by atoms with Crippen molar-refractivity contribution in [3.8, 4) is 16.9 Å². The van der Waals surface area contributed by atoms with Crippen molar-refractivity contribution in [1.82, 2.24) is 5.32 Å². The van der Waals surface area contributed by atoms with E-state index in [0.29, 0.717) is 23.6 Å². The largest absolute Gasteiger partial charge is 0.489 e. The average molecular weight is 433 g/mol. The second kappa shape index (κ2) is 10.2. The molecule has 2 N–H and O–H groups in total. The van der Waals surface area contributed by atoms with Crippen molar-refractivity contribution in [2.24, 2.45) is 0 Å². The van der Waals surface area contributed by atoms with Crippen molar-refractivity contribution >= 4 is 28.9 Å². The Kier molecular flexibility index (Phi) is 6.92. The molecule has 6 heteroatoms. The lowest BCUT2D eigenvalue weighted by molar-refractivity contribution is 0.0682. The number of hydrogen-bond donors (Lipinski definition) is 2. The number of thiocarbonyl (C=S) groups is 1. The van der Waals surface area contributed by atoms with Gasteiger partial charge < -0.3 is 14.8 Å². The molecule has 1 fully saturated rings. The second-order valence-corrected chi connectivity index (χ2v) is 7.70. The number of para-hydroxylation sites is 2. The molecule has 158 valence electrons. The topological polar surface area (TPSA) is 59.6 Å². The number of anilines is 1. The van der Waals surface area contributed by atoms with E-state index in [0.717, 1.165) is 30.6 Å². The first-order valence-corrected chi connectivity index (χ1v) is 10.7. The highest BCUT2D eigenvalue weighted by atomic mass is 32.1. The number of rotatable bonds is 6. The molecule has 3 aromatic rings. The Morgan fingerprint density at radius 1 is 0.968 bits per heavy atom. The third kappa shape index (κ3) is 5.69. The molecule has 0 aliphatic carbocycles. The second-order valence-electron chi connectivity index (χ2n) is 7.29. The van der Waals surface area contributed by atoms with Crippen LogP contribution in [0.1, 0.15) is 23.2 Å². The highest BCUT2D eigenvalue weighted by Crippen LogP contribution is 2.25. The lowest BCUT2D eigenvalue weighted by Crippen LogP contribution is -2.34. The minimum absolute atomic E-state index is 0.124. The number of carbonyl (C=O) groups is 1. The Balaban J connectivity index is 1.35. The third-order valence-electron chi connectivity index (χ3n) is 5.07. The lowest BCUT2D eigenvalue weighted by atomic mass is 10.0. The number of hydrogen-bond acceptors (Lipinski definition) is 4. The van der Waals surface area contributed by atoms with E-state index in [-0.39, 0.29) is 17.1 Å². The highest BCUT2D eigenvalue weighted by molar-refractivity contribution is 7.80. The zero-order valence-corrected chi connectivity index (χ0v) is 17.9. The summed E-state index contributed by atoms with van der Waals surface area (Å²) in [6, 6.07) is 25.0. The maximum atomic E-state index is 12.6. The van der Waals surface area contributed by atoms with Gasteiger partial charge in [-0.1, -0.05) is 54.6 Å². The highest BCUT2D eigenvalue weighted by Gasteiger charge is 2.17. The molecule has 0 spiro atoms. The SMILES string of the molecule is O=C(NC(=S)Nc1ccccc1OCC1CCCO1)c1ccc(-c2ccccc2)cc1. The number of benzene rings is 3. The molecule has 0 bridgehead atoms. The van der Waals surface area contributed by atoms with E-state index in [1.54, 1.807) is 12.1 Å². The Bertz CT molecular complexity index is 1030. The molecule has 0 radical (unpaired) electrons. The van der Waals surface area contributed by atoms with Gasteiger partial charge in [0.1, 0.15) is 12.4 Å². The molecule has 0 aromatic heterocycles. The van der Waals surface area contributed by atoms with Gasteiger partial charge in [-0.3, -0.25) is 10.1 Å². The summed E-state index contributed by atoms with van der Waals surface area (Å²) in [5, 5.41) is 6.00. The lowest BCUT2D eigenvalue weighted by Gasteiger charge is -2.16. The fraction of sp³-hybridized carbons (Fsp3) is 0.200. The smallest absolute Gasteiger partial charge is 0.257 e. The van der Waals surface area contributed by atoms with Gasteiger partial charge in [0, 0.05) is 12.2 Å². The van der Waals surface area contributed by atoms with Gasteiger partial charge in [0.2, 0.25) is 0 Å². The Morgan fingerprint density at radius 3 is 2.42 bits per heavy atom. The maximum Gasteiger partial charge on any atom is 0.257 e. The molecule has 1 atom stereocenters. The van der Waals surface area contributed by atoms with Gasteiger partial charge in [0.25, 0.3) is 5.91 Å². The molecule has 1 heterocycles. The van der Waals surface area contributed by atoms with Crippen LogP contribution in [0.3, 0.4) is 0 Å². The van der Waals surface area contributed by atoms with Crippen LogP contribution in [0.15, 0.2) is 78.9 Å². The summed E-state index contributed by atoms with van der Waals surface area (Å²) in [4.78, 5) is 12.6. The van der Waals surface area contributed by atoms with E-state index in [4.69, 9.17) is 21.7 Å². The summed E-state index contributed by atoms with van der Waals surface area (Å²) in [6.07, 6.45) is 2.20. The first kappa shape index (κ1) is 21.0. The fourth-order valence-corrected chi connectivity index (χ4v) is 3.63. The standard InChI is InChI=1S/C25H24N2O3S/c28-24(20-14-12-19(13-15-20)18-7-2-1-3-8-18)27-25(31)26-22-10-4-5-11-23(22)30-17-21-9-6-16-29-21/h1-5,7-8,10-15,21H,6,9,16-17H2,(H2,26,27,28,31). The molecule has 5 nitrogen and oxygen atoms in total. The monoisotopic (exact) mass is 432 g/mol. The van der Waals surface area contributed by atoms with Gasteiger partial charge in [0.05, 0.1) is 11.8 Å². The minimum atomic E-state index is -0.269. The molecule has 1 unspecified atom stereocenters. The first-order valence-electron chi connectivity index (χ1n) is 10.3. The van der Waals surface area contributed by atoms with Gasteiger partial charge in [-0.2, -0.15) is 0 Å². The van der Waals surface area contributed by atoms with Crippen molar-refractivity contribution in [2.75, 3.05) is 18.5 Å². The predicted molar refractivity (Wildman–Crippen MR) is 126 cm³/mol. The van der Waals surface area contributed by atoms with Gasteiger partial charge in [-0.05, 0) is 60.5 Å². The van der Waals surface area contributed by atoms with Gasteiger partial charge in [-0.15, -0.1) is 0 Å². The molecule has 0 saturated carbocycles. The molecule has 1 aliphatic rings. The van der Waals surface area contributed by atoms with E-state index in [9.17, 15) is 4.79 Å². The van der Waals surface area contributed by atoms with Gasteiger partial charge >= 0.3 is 0 Å². The van der Waals surface area contributed by atoms with Crippen molar-refractivity contribution in [2.45, 2.75) is 18.9 Å². The van der Waals surface area contributed by atoms with Crippen LogP contribution in [0, 0.1) is 0 Å². The summed E-state index contributed by atoms with van der Waals surface area (Å²) in [7, 11) is 0. The van der Waals surface area contributed by atoms with E-state index >= 15 is 0 Å². The Hall–Kier alpha value is -3.22. The van der Waals surface area contributed by atoms with Crippen molar-refractivity contribution in [3.63, 3.8) is 0 Å². The zero-order valence-electron chi connectivity index (χ0n) is 17.0. The maximum absolute atomic E-state index is 12.6. The van der Waals surface area contributed by atoms with Crippen LogP contribution in [0.25, 0.3) is 11.1 Å². The zero-order chi connectivity index (χ0) is 21.5. The molecular weight excluding hydrogens is 408 g/mol. The molecule has 31 heavy (non-hydrogen) atoms. The van der Waals surface area contributed by atoms with Crippen LogP contribution in [-0.2, 0) is 4.74 Å². The van der Waals surface area contributed by atoms with E-state index < -0.39 is 0 Å². The summed E-state index contributed by atoms with van der Waals surface area (Å²) in [5.74, 6) is 0.400. The van der Waals surface area contributed by atoms with Crippen LogP contribution in [0.4, 0.5) is 5.69 Å². The third-order valence-corrected chi connectivity index (χ3v) is 5.27. The van der Waals surface area contributed by atoms with Crippen molar-refractivity contribution < 1.29 is 14.3 Å². The van der Waals surface area contributed by atoms with E-state index in [1.807, 2.05) is 66.7 Å². The summed E-state index contributed by atoms with van der Waals surface area (Å²) < 4.78 is 11.5. The molecular formula is C25H24N2O3S. The number of ether oxygens (including phenoxy) is 2. The van der Waals surface area contributed by atoms with Gasteiger partial charge in [0.15, 0.2) is 5.11 Å². The van der Waals surface area contributed by atoms with Crippen LogP contribution in [0.2, 0.25) is 0 Å². The Labute approximate surface area is 187 Å². The van der Waals surface area contributed by atoms with E-state index in [2.05, 4.69) is 10.6 Å². The number of amides is 1. The minimum Gasteiger partial charge on any atom is -0.489 e. The average Bonchev–Trinajstić information content (AvgIpc) is 3.33. The Morgan fingerprint density at radius 2 is 1.68 bits per heavy atom. The van der Waals surface area contributed by atoms with Crippen molar-refractivity contribution in [3.05, 3.63) is 84.4 Å². The summed E-state index contributed by atoms with van der Waals surface area (Å²) >= 11 is 5.34. The number of nitrogens with one attached hydrogen (secondary N) is 2. The number of carbonyl (C=O) groups excluding carboxylic acids is 1. The van der Waals surface area contributed by atoms with Crippen LogP contribution in [-0.4, -0.2) is 30.3 Å². The summed E-state index contributed by atoms with van der Waals surface area (Å²) in [6.45, 7) is 1.28. The van der Waals surface area contributed by atoms with Gasteiger partial charge in [-0.25, -0.2) is 0 Å². The first-order chi connectivity index (χ1) is 15.2. The molecule has 4 rings (SSSR count). The normalized spacial score (nSPS) is 15.3.